The third-order valence-electron chi connectivity index (χ3n) is 5.25. The first-order chi connectivity index (χ1) is 15.0. The maximum absolute atomic E-state index is 13.0. The molecule has 1 fully saturated rings. The van der Waals surface area contributed by atoms with Crippen molar-refractivity contribution in [2.75, 3.05) is 37.7 Å². The molecule has 8 heteroatoms. The van der Waals surface area contributed by atoms with E-state index in [2.05, 4.69) is 33.8 Å². The van der Waals surface area contributed by atoms with Gasteiger partial charge < -0.3 is 14.5 Å². The average molecular weight is 421 g/mol. The van der Waals surface area contributed by atoms with Crippen LogP contribution in [0.1, 0.15) is 24.3 Å². The summed E-state index contributed by atoms with van der Waals surface area (Å²) in [5, 5.41) is 4.46. The Morgan fingerprint density at radius 3 is 2.52 bits per heavy atom. The summed E-state index contributed by atoms with van der Waals surface area (Å²) < 4.78 is 7.48. The van der Waals surface area contributed by atoms with Gasteiger partial charge in [0.25, 0.3) is 5.91 Å². The van der Waals surface area contributed by atoms with E-state index in [1.165, 1.54) is 6.33 Å². The van der Waals surface area contributed by atoms with Crippen LogP contribution < -0.4 is 9.64 Å². The van der Waals surface area contributed by atoms with Gasteiger partial charge in [-0.25, -0.2) is 9.97 Å². The van der Waals surface area contributed by atoms with Crippen molar-refractivity contribution in [3.63, 3.8) is 0 Å². The summed E-state index contributed by atoms with van der Waals surface area (Å²) in [7, 11) is 1.87. The topological polar surface area (TPSA) is 76.4 Å². The zero-order chi connectivity index (χ0) is 21.8. The molecular weight excluding hydrogens is 392 g/mol. The van der Waals surface area contributed by atoms with Crippen LogP contribution in [0.15, 0.2) is 48.8 Å². The van der Waals surface area contributed by atoms with Gasteiger partial charge in [0.15, 0.2) is 5.69 Å². The van der Waals surface area contributed by atoms with Crippen LogP contribution in [0, 0.1) is 5.92 Å². The highest BCUT2D eigenvalue weighted by Gasteiger charge is 2.25. The molecule has 8 nitrogen and oxygen atoms in total. The molecule has 2 aromatic heterocycles. The number of nitrogens with zero attached hydrogens (tertiary/aromatic N) is 6. The summed E-state index contributed by atoms with van der Waals surface area (Å²) in [6, 6.07) is 13.7. The number of hydrogen-bond acceptors (Lipinski definition) is 6. The molecule has 0 saturated carbocycles. The van der Waals surface area contributed by atoms with Crippen molar-refractivity contribution in [3.05, 3.63) is 54.5 Å². The average Bonchev–Trinajstić information content (AvgIpc) is 3.19. The van der Waals surface area contributed by atoms with Crippen LogP contribution in [0.5, 0.6) is 5.88 Å². The quantitative estimate of drug-likeness (QED) is 0.610. The first-order valence-corrected chi connectivity index (χ1v) is 10.6. The summed E-state index contributed by atoms with van der Waals surface area (Å²) in [5.74, 6) is 1.80. The monoisotopic (exact) mass is 420 g/mol. The summed E-state index contributed by atoms with van der Waals surface area (Å²) in [4.78, 5) is 25.6. The lowest BCUT2D eigenvalue weighted by Gasteiger charge is -2.35. The Bertz CT molecular complexity index is 1030. The molecule has 0 unspecified atom stereocenters. The Labute approximate surface area is 182 Å². The molecule has 31 heavy (non-hydrogen) atoms. The van der Waals surface area contributed by atoms with Gasteiger partial charge in [0.2, 0.25) is 5.88 Å². The molecule has 4 rings (SSSR count). The molecule has 162 valence electrons. The molecule has 1 amide bonds. The number of benzene rings is 1. The highest BCUT2D eigenvalue weighted by molar-refractivity contribution is 5.93. The van der Waals surface area contributed by atoms with Gasteiger partial charge in [-0.15, -0.1) is 0 Å². The molecule has 0 aliphatic carbocycles. The van der Waals surface area contributed by atoms with Crippen LogP contribution in [0.25, 0.3) is 11.3 Å². The van der Waals surface area contributed by atoms with Gasteiger partial charge >= 0.3 is 0 Å². The van der Waals surface area contributed by atoms with Gasteiger partial charge in [-0.2, -0.15) is 5.10 Å². The van der Waals surface area contributed by atoms with Gasteiger partial charge in [0.1, 0.15) is 12.1 Å². The summed E-state index contributed by atoms with van der Waals surface area (Å²) in [5.41, 5.74) is 2.44. The summed E-state index contributed by atoms with van der Waals surface area (Å²) in [6.07, 6.45) is 1.53. The van der Waals surface area contributed by atoms with E-state index in [0.29, 0.717) is 50.3 Å². The summed E-state index contributed by atoms with van der Waals surface area (Å²) >= 11 is 0. The van der Waals surface area contributed by atoms with E-state index in [4.69, 9.17) is 4.74 Å². The molecule has 1 aliphatic rings. The first kappa shape index (κ1) is 20.8. The third-order valence-corrected chi connectivity index (χ3v) is 5.25. The number of hydrogen-bond donors (Lipinski definition) is 0. The predicted octanol–water partition coefficient (Wildman–Crippen LogP) is 2.87. The van der Waals surface area contributed by atoms with Crippen LogP contribution in [-0.4, -0.2) is 63.3 Å². The SMILES string of the molecule is CC(C)COc1cc(N2CCN(C(=O)c3cc(-c4ccccc4)n(C)n3)CC2)ncn1. The fourth-order valence-corrected chi connectivity index (χ4v) is 3.59. The molecule has 1 saturated heterocycles. The van der Waals surface area contributed by atoms with Crippen molar-refractivity contribution in [2.45, 2.75) is 13.8 Å². The minimum Gasteiger partial charge on any atom is -0.477 e. The lowest BCUT2D eigenvalue weighted by Crippen LogP contribution is -2.49. The van der Waals surface area contributed by atoms with Crippen LogP contribution in [0.2, 0.25) is 0 Å². The van der Waals surface area contributed by atoms with Crippen LogP contribution in [0.3, 0.4) is 0 Å². The smallest absolute Gasteiger partial charge is 0.274 e. The van der Waals surface area contributed by atoms with Gasteiger partial charge in [-0.1, -0.05) is 44.2 Å². The van der Waals surface area contributed by atoms with E-state index >= 15 is 0 Å². The van der Waals surface area contributed by atoms with E-state index in [1.807, 2.05) is 54.4 Å². The van der Waals surface area contributed by atoms with Crippen molar-refractivity contribution >= 4 is 11.7 Å². The highest BCUT2D eigenvalue weighted by atomic mass is 16.5. The number of aryl methyl sites for hydroxylation is 1. The van der Waals surface area contributed by atoms with E-state index in [0.717, 1.165) is 17.1 Å². The highest BCUT2D eigenvalue weighted by Crippen LogP contribution is 2.22. The molecule has 0 atom stereocenters. The molecule has 1 aliphatic heterocycles. The first-order valence-electron chi connectivity index (χ1n) is 10.6. The molecule has 3 aromatic rings. The number of piperazine rings is 1. The second kappa shape index (κ2) is 9.16. The van der Waals surface area contributed by atoms with Gasteiger partial charge in [0.05, 0.1) is 12.3 Å². The van der Waals surface area contributed by atoms with Gasteiger partial charge in [-0.3, -0.25) is 9.48 Å². The number of carbonyl (C=O) groups is 1. The Hall–Kier alpha value is -3.42. The number of rotatable bonds is 6. The van der Waals surface area contributed by atoms with Gasteiger partial charge in [-0.05, 0) is 17.5 Å². The fraction of sp³-hybridized carbons (Fsp3) is 0.391. The van der Waals surface area contributed by atoms with Crippen molar-refractivity contribution in [3.8, 4) is 17.1 Å². The Balaban J connectivity index is 1.39. The lowest BCUT2D eigenvalue weighted by molar-refractivity contribution is 0.0739. The maximum atomic E-state index is 13.0. The number of carbonyl (C=O) groups excluding carboxylic acids is 1. The van der Waals surface area contributed by atoms with Crippen LogP contribution in [0.4, 0.5) is 5.82 Å². The Kier molecular flexibility index (Phi) is 6.16. The van der Waals surface area contributed by atoms with Crippen molar-refractivity contribution < 1.29 is 9.53 Å². The van der Waals surface area contributed by atoms with E-state index in [-0.39, 0.29) is 5.91 Å². The van der Waals surface area contributed by atoms with Gasteiger partial charge in [0, 0.05) is 39.3 Å². The standard InChI is InChI=1S/C23H28N6O2/c1-17(2)15-31-22-14-21(24-16-25-22)28-9-11-29(12-10-28)23(30)19-13-20(27(3)26-19)18-7-5-4-6-8-18/h4-8,13-14,16-17H,9-12,15H2,1-3H3. The second-order valence-electron chi connectivity index (χ2n) is 8.10. The zero-order valence-electron chi connectivity index (χ0n) is 18.2. The molecule has 0 bridgehead atoms. The predicted molar refractivity (Wildman–Crippen MR) is 119 cm³/mol. The zero-order valence-corrected chi connectivity index (χ0v) is 18.2. The molecule has 0 spiro atoms. The van der Waals surface area contributed by atoms with E-state index in [1.54, 1.807) is 4.68 Å². The largest absolute Gasteiger partial charge is 0.477 e. The summed E-state index contributed by atoms with van der Waals surface area (Å²) in [6.45, 7) is 7.44. The Morgan fingerprint density at radius 2 is 1.81 bits per heavy atom. The number of ether oxygens (including phenoxy) is 1. The molecule has 0 radical (unpaired) electrons. The van der Waals surface area contributed by atoms with Crippen LogP contribution >= 0.6 is 0 Å². The molecule has 1 aromatic carbocycles. The Morgan fingerprint density at radius 1 is 1.06 bits per heavy atom. The van der Waals surface area contributed by atoms with E-state index in [9.17, 15) is 4.79 Å². The second-order valence-corrected chi connectivity index (χ2v) is 8.10. The minimum absolute atomic E-state index is 0.0407. The molecule has 0 N–H and O–H groups in total. The van der Waals surface area contributed by atoms with Crippen LogP contribution in [-0.2, 0) is 7.05 Å². The maximum Gasteiger partial charge on any atom is 0.274 e. The third kappa shape index (κ3) is 4.84. The minimum atomic E-state index is -0.0407. The molecular formula is C23H28N6O2. The van der Waals surface area contributed by atoms with Crippen molar-refractivity contribution in [1.82, 2.24) is 24.6 Å². The molecule has 3 heterocycles. The van der Waals surface area contributed by atoms with E-state index < -0.39 is 0 Å². The number of anilines is 1. The normalized spacial score (nSPS) is 14.2. The lowest BCUT2D eigenvalue weighted by atomic mass is 10.1. The number of amides is 1. The fourth-order valence-electron chi connectivity index (χ4n) is 3.59. The van der Waals surface area contributed by atoms with Crippen molar-refractivity contribution in [1.29, 1.82) is 0 Å². The number of aromatic nitrogens is 4. The van der Waals surface area contributed by atoms with Crippen molar-refractivity contribution in [2.24, 2.45) is 13.0 Å².